The zero-order chi connectivity index (χ0) is 23.3. The van der Waals surface area contributed by atoms with E-state index in [0.717, 1.165) is 31.7 Å². The van der Waals surface area contributed by atoms with Crippen molar-refractivity contribution in [1.29, 1.82) is 0 Å². The normalized spacial score (nSPS) is 20.1. The molecule has 32 heavy (non-hydrogen) atoms. The molecule has 1 aliphatic heterocycles. The van der Waals surface area contributed by atoms with Crippen molar-refractivity contribution in [3.8, 4) is 11.3 Å². The van der Waals surface area contributed by atoms with Gasteiger partial charge in [0.2, 0.25) is 0 Å². The zero-order valence-electron chi connectivity index (χ0n) is 18.3. The average Bonchev–Trinajstić information content (AvgIpc) is 3.24. The highest BCUT2D eigenvalue weighted by molar-refractivity contribution is 5.93. The predicted octanol–water partition coefficient (Wildman–Crippen LogP) is 4.09. The van der Waals surface area contributed by atoms with Gasteiger partial charge in [0.15, 0.2) is 11.5 Å². The number of carbonyl (C=O) groups is 2. The molecule has 1 aliphatic rings. The minimum absolute atomic E-state index is 0.0156. The van der Waals surface area contributed by atoms with Gasteiger partial charge < -0.3 is 14.9 Å². The minimum Gasteiger partial charge on any atom is -0.481 e. The number of carboxylic acids is 1. The maximum atomic E-state index is 14.0. The van der Waals surface area contributed by atoms with Crippen LogP contribution >= 0.6 is 0 Å². The number of likely N-dealkylation sites (tertiary alicyclic amines) is 1. The molecule has 1 amide bonds. The summed E-state index contributed by atoms with van der Waals surface area (Å²) < 4.78 is 32.1. The third-order valence-electron chi connectivity index (χ3n) is 6.07. The zero-order valence-corrected chi connectivity index (χ0v) is 18.3. The number of benzene rings is 1. The number of nitrogens with zero attached hydrogens (tertiary/aromatic N) is 2. The van der Waals surface area contributed by atoms with Crippen molar-refractivity contribution in [2.24, 2.45) is 5.92 Å². The number of hydrogen-bond acceptors (Lipinski definition) is 5. The molecule has 1 aromatic carbocycles. The fraction of sp³-hybridized carbons (Fsp3) is 0.522. The summed E-state index contributed by atoms with van der Waals surface area (Å²) in [5.41, 5.74) is -0.116. The summed E-state index contributed by atoms with van der Waals surface area (Å²) >= 11 is 0. The number of piperidine rings is 1. The van der Waals surface area contributed by atoms with Crippen LogP contribution in [0.3, 0.4) is 0 Å². The molecule has 0 aliphatic carbocycles. The number of aliphatic carboxylic acids is 1. The van der Waals surface area contributed by atoms with E-state index in [4.69, 9.17) is 4.52 Å². The highest BCUT2D eigenvalue weighted by Gasteiger charge is 2.37. The van der Waals surface area contributed by atoms with Crippen molar-refractivity contribution < 1.29 is 28.0 Å². The van der Waals surface area contributed by atoms with Crippen LogP contribution in [0.25, 0.3) is 11.3 Å². The molecular formula is C23H29F2N3O4. The van der Waals surface area contributed by atoms with E-state index < -0.39 is 35.5 Å². The van der Waals surface area contributed by atoms with Crippen molar-refractivity contribution in [2.75, 3.05) is 13.1 Å². The van der Waals surface area contributed by atoms with Gasteiger partial charge in [-0.25, -0.2) is 8.78 Å². The Morgan fingerprint density at radius 1 is 1.31 bits per heavy atom. The van der Waals surface area contributed by atoms with Gasteiger partial charge >= 0.3 is 5.97 Å². The number of halogens is 2. The number of hydrogen-bond donors (Lipinski definition) is 2. The molecule has 9 heteroatoms. The Morgan fingerprint density at radius 3 is 2.78 bits per heavy atom. The highest BCUT2D eigenvalue weighted by atomic mass is 19.1. The molecule has 3 atom stereocenters. The Kier molecular flexibility index (Phi) is 7.95. The molecule has 0 spiro atoms. The number of carbonyl (C=O) groups excluding carboxylic acids is 1. The quantitative estimate of drug-likeness (QED) is 0.560. The van der Waals surface area contributed by atoms with Crippen LogP contribution in [0.5, 0.6) is 0 Å². The first-order chi connectivity index (χ1) is 15.3. The third-order valence-corrected chi connectivity index (χ3v) is 6.07. The molecule has 0 radical (unpaired) electrons. The molecule has 2 N–H and O–H groups in total. The van der Waals surface area contributed by atoms with E-state index in [9.17, 15) is 23.5 Å². The Hall–Kier alpha value is -2.81. The summed E-state index contributed by atoms with van der Waals surface area (Å²) in [5, 5.41) is 16.1. The largest absolute Gasteiger partial charge is 0.481 e. The van der Waals surface area contributed by atoms with E-state index in [-0.39, 0.29) is 23.1 Å². The Bertz CT molecular complexity index is 949. The van der Waals surface area contributed by atoms with E-state index in [1.807, 2.05) is 0 Å². The van der Waals surface area contributed by atoms with Crippen molar-refractivity contribution in [2.45, 2.75) is 58.0 Å². The fourth-order valence-electron chi connectivity index (χ4n) is 4.11. The lowest BCUT2D eigenvalue weighted by Gasteiger charge is -2.39. The van der Waals surface area contributed by atoms with Gasteiger partial charge in [-0.15, -0.1) is 0 Å². The predicted molar refractivity (Wildman–Crippen MR) is 114 cm³/mol. The topological polar surface area (TPSA) is 95.7 Å². The van der Waals surface area contributed by atoms with Gasteiger partial charge in [0.1, 0.15) is 11.6 Å². The van der Waals surface area contributed by atoms with Crippen LogP contribution in [0, 0.1) is 17.6 Å². The Balaban J connectivity index is 1.64. The van der Waals surface area contributed by atoms with Crippen LogP contribution in [0.15, 0.2) is 28.8 Å². The van der Waals surface area contributed by atoms with Gasteiger partial charge in [-0.1, -0.05) is 31.3 Å². The molecule has 3 unspecified atom stereocenters. The van der Waals surface area contributed by atoms with Crippen molar-refractivity contribution >= 4 is 11.9 Å². The second-order valence-electron chi connectivity index (χ2n) is 8.35. The summed E-state index contributed by atoms with van der Waals surface area (Å²) in [6, 6.07) is 3.98. The molecule has 2 heterocycles. The second-order valence-corrected chi connectivity index (χ2v) is 8.35. The maximum Gasteiger partial charge on any atom is 0.309 e. The molecule has 1 aromatic heterocycles. The van der Waals surface area contributed by atoms with Gasteiger partial charge in [0.05, 0.1) is 11.5 Å². The van der Waals surface area contributed by atoms with Crippen LogP contribution < -0.4 is 5.32 Å². The van der Waals surface area contributed by atoms with Gasteiger partial charge in [-0.3, -0.25) is 14.5 Å². The number of rotatable bonds is 9. The first kappa shape index (κ1) is 23.8. The molecular weight excluding hydrogens is 420 g/mol. The number of nitrogens with one attached hydrogen (secondary N) is 1. The second kappa shape index (κ2) is 10.7. The molecule has 3 rings (SSSR count). The maximum absolute atomic E-state index is 14.0. The van der Waals surface area contributed by atoms with Gasteiger partial charge in [0, 0.05) is 37.3 Å². The van der Waals surface area contributed by atoms with Crippen LogP contribution in [0.4, 0.5) is 8.78 Å². The fourth-order valence-corrected chi connectivity index (χ4v) is 4.11. The number of carboxylic acid groups (broad SMARTS) is 1. The lowest BCUT2D eigenvalue weighted by Crippen LogP contribution is -2.55. The van der Waals surface area contributed by atoms with E-state index in [1.54, 1.807) is 0 Å². The minimum atomic E-state index is -0.963. The van der Waals surface area contributed by atoms with E-state index in [1.165, 1.54) is 12.1 Å². The van der Waals surface area contributed by atoms with Crippen molar-refractivity contribution in [3.05, 3.63) is 41.6 Å². The monoisotopic (exact) mass is 449 g/mol. The van der Waals surface area contributed by atoms with Crippen LogP contribution in [0.2, 0.25) is 0 Å². The molecule has 2 aromatic rings. The summed E-state index contributed by atoms with van der Waals surface area (Å²) in [6.07, 6.45) is 4.91. The van der Waals surface area contributed by atoms with Gasteiger partial charge in [-0.05, 0) is 31.9 Å². The smallest absolute Gasteiger partial charge is 0.309 e. The standard InChI is InChI=1S/C23H29F2N3O4/c1-3-4-5-6-14(2)28-10-9-19(17(13-28)23(30)31)26-22(29)20-12-21(32-27-20)16-8-7-15(24)11-18(16)25/h7-8,11-12,14,17,19H,3-6,9-10,13H2,1-2H3,(H,26,29)(H,30,31). The van der Waals surface area contributed by atoms with Gasteiger partial charge in [0.25, 0.3) is 5.91 Å². The average molecular weight is 449 g/mol. The van der Waals surface area contributed by atoms with E-state index in [0.29, 0.717) is 25.6 Å². The van der Waals surface area contributed by atoms with Crippen LogP contribution in [-0.2, 0) is 4.79 Å². The summed E-state index contributed by atoms with van der Waals surface area (Å²) in [4.78, 5) is 26.7. The Labute approximate surface area is 185 Å². The lowest BCUT2D eigenvalue weighted by molar-refractivity contribution is -0.145. The number of unbranched alkanes of at least 4 members (excludes halogenated alkanes) is 2. The molecule has 174 valence electrons. The molecule has 0 bridgehead atoms. The molecule has 1 saturated heterocycles. The highest BCUT2D eigenvalue weighted by Crippen LogP contribution is 2.25. The molecule has 0 saturated carbocycles. The third kappa shape index (κ3) is 5.70. The number of aromatic nitrogens is 1. The molecule has 1 fully saturated rings. The number of amides is 1. The Morgan fingerprint density at radius 2 is 2.09 bits per heavy atom. The van der Waals surface area contributed by atoms with E-state index in [2.05, 4.69) is 29.2 Å². The van der Waals surface area contributed by atoms with Crippen LogP contribution in [0.1, 0.15) is 56.4 Å². The first-order valence-electron chi connectivity index (χ1n) is 11.0. The van der Waals surface area contributed by atoms with E-state index >= 15 is 0 Å². The van der Waals surface area contributed by atoms with Crippen LogP contribution in [-0.4, -0.2) is 52.2 Å². The first-order valence-corrected chi connectivity index (χ1v) is 11.0. The summed E-state index contributed by atoms with van der Waals surface area (Å²) in [5.74, 6) is -3.88. The lowest BCUT2D eigenvalue weighted by atomic mass is 9.90. The molecule has 7 nitrogen and oxygen atoms in total. The van der Waals surface area contributed by atoms with Crippen molar-refractivity contribution in [1.82, 2.24) is 15.4 Å². The summed E-state index contributed by atoms with van der Waals surface area (Å²) in [7, 11) is 0. The summed E-state index contributed by atoms with van der Waals surface area (Å²) in [6.45, 7) is 5.30. The van der Waals surface area contributed by atoms with Gasteiger partial charge in [-0.2, -0.15) is 0 Å². The van der Waals surface area contributed by atoms with Crippen molar-refractivity contribution in [3.63, 3.8) is 0 Å². The SMILES string of the molecule is CCCCCC(C)N1CCC(NC(=O)c2cc(-c3ccc(F)cc3F)on2)C(C(=O)O)C1.